The van der Waals surface area contributed by atoms with Gasteiger partial charge in [-0.3, -0.25) is 9.78 Å². The normalized spacial score (nSPS) is 26.6. The van der Waals surface area contributed by atoms with Crippen LogP contribution in [0.3, 0.4) is 0 Å². The van der Waals surface area contributed by atoms with Crippen LogP contribution in [0.2, 0.25) is 0 Å². The molecule has 2 aliphatic rings. The summed E-state index contributed by atoms with van der Waals surface area (Å²) < 4.78 is 0. The van der Waals surface area contributed by atoms with E-state index in [0.717, 1.165) is 12.1 Å². The fraction of sp³-hybridized carbons (Fsp3) is 0.571. The SMILES string of the molecule is C[C@H]1C[C@H]1C(=O)N(Cc1ccccn1)C1CC1. The van der Waals surface area contributed by atoms with Crippen LogP contribution in [0, 0.1) is 11.8 Å². The van der Waals surface area contributed by atoms with Crippen molar-refractivity contribution < 1.29 is 4.79 Å². The number of aromatic nitrogens is 1. The van der Waals surface area contributed by atoms with Crippen LogP contribution in [0.15, 0.2) is 24.4 Å². The molecular weight excluding hydrogens is 212 g/mol. The van der Waals surface area contributed by atoms with Crippen LogP contribution in [-0.4, -0.2) is 21.8 Å². The molecule has 0 bridgehead atoms. The highest BCUT2D eigenvalue weighted by molar-refractivity contribution is 5.82. The molecule has 0 aromatic carbocycles. The van der Waals surface area contributed by atoms with Gasteiger partial charge in [0.15, 0.2) is 0 Å². The van der Waals surface area contributed by atoms with Gasteiger partial charge in [0.25, 0.3) is 0 Å². The summed E-state index contributed by atoms with van der Waals surface area (Å²) in [5.41, 5.74) is 1.00. The minimum Gasteiger partial charge on any atom is -0.334 e. The van der Waals surface area contributed by atoms with Crippen molar-refractivity contribution in [1.82, 2.24) is 9.88 Å². The molecule has 2 atom stereocenters. The Bertz CT molecular complexity index is 413. The second-order valence-corrected chi connectivity index (χ2v) is 5.34. The maximum absolute atomic E-state index is 12.3. The van der Waals surface area contributed by atoms with Crippen LogP contribution < -0.4 is 0 Å². The molecule has 0 aliphatic heterocycles. The molecule has 2 saturated carbocycles. The molecular formula is C14H18N2O. The van der Waals surface area contributed by atoms with Crippen molar-refractivity contribution in [2.24, 2.45) is 11.8 Å². The Morgan fingerprint density at radius 2 is 2.24 bits per heavy atom. The summed E-state index contributed by atoms with van der Waals surface area (Å²) in [4.78, 5) is 18.7. The van der Waals surface area contributed by atoms with Crippen LogP contribution >= 0.6 is 0 Å². The molecule has 0 saturated heterocycles. The smallest absolute Gasteiger partial charge is 0.226 e. The van der Waals surface area contributed by atoms with Gasteiger partial charge in [-0.15, -0.1) is 0 Å². The minimum atomic E-state index is 0.291. The second kappa shape index (κ2) is 4.13. The predicted octanol–water partition coefficient (Wildman–Crippen LogP) is 2.23. The monoisotopic (exact) mass is 230 g/mol. The quantitative estimate of drug-likeness (QED) is 0.794. The van der Waals surface area contributed by atoms with Crippen LogP contribution in [0.5, 0.6) is 0 Å². The van der Waals surface area contributed by atoms with Crippen LogP contribution in [0.25, 0.3) is 0 Å². The summed E-state index contributed by atoms with van der Waals surface area (Å²) in [5.74, 6) is 1.23. The zero-order valence-electron chi connectivity index (χ0n) is 10.2. The number of amides is 1. The minimum absolute atomic E-state index is 0.291. The van der Waals surface area contributed by atoms with E-state index in [-0.39, 0.29) is 0 Å². The zero-order valence-corrected chi connectivity index (χ0v) is 10.2. The fourth-order valence-electron chi connectivity index (χ4n) is 2.32. The average Bonchev–Trinajstić information content (AvgIpc) is 3.22. The topological polar surface area (TPSA) is 33.2 Å². The molecule has 3 heteroatoms. The number of carbonyl (C=O) groups is 1. The van der Waals surface area contributed by atoms with Crippen molar-refractivity contribution in [3.8, 4) is 0 Å². The van der Waals surface area contributed by atoms with Crippen molar-refractivity contribution in [2.45, 2.75) is 38.8 Å². The Hall–Kier alpha value is -1.38. The number of hydrogen-bond acceptors (Lipinski definition) is 2. The largest absolute Gasteiger partial charge is 0.334 e. The first kappa shape index (κ1) is 10.8. The number of carbonyl (C=O) groups excluding carboxylic acids is 1. The van der Waals surface area contributed by atoms with Crippen molar-refractivity contribution >= 4 is 5.91 Å². The number of nitrogens with zero attached hydrogens (tertiary/aromatic N) is 2. The van der Waals surface area contributed by atoms with E-state index in [1.165, 1.54) is 12.8 Å². The van der Waals surface area contributed by atoms with Crippen molar-refractivity contribution in [2.75, 3.05) is 0 Å². The van der Waals surface area contributed by atoms with Gasteiger partial charge in [-0.05, 0) is 37.3 Å². The highest BCUT2D eigenvalue weighted by atomic mass is 16.2. The lowest BCUT2D eigenvalue weighted by molar-refractivity contribution is -0.134. The van der Waals surface area contributed by atoms with E-state index in [1.807, 2.05) is 18.2 Å². The Morgan fingerprint density at radius 3 is 2.76 bits per heavy atom. The third-order valence-corrected chi connectivity index (χ3v) is 3.76. The summed E-state index contributed by atoms with van der Waals surface area (Å²) >= 11 is 0. The highest BCUT2D eigenvalue weighted by Gasteiger charge is 2.45. The third kappa shape index (κ3) is 2.33. The Kier molecular flexibility index (Phi) is 2.61. The van der Waals surface area contributed by atoms with E-state index in [2.05, 4.69) is 16.8 Å². The van der Waals surface area contributed by atoms with Gasteiger partial charge in [0.2, 0.25) is 5.91 Å². The lowest BCUT2D eigenvalue weighted by atomic mass is 10.2. The lowest BCUT2D eigenvalue weighted by Crippen LogP contribution is -2.34. The number of rotatable bonds is 4. The molecule has 3 nitrogen and oxygen atoms in total. The van der Waals surface area contributed by atoms with Crippen LogP contribution in [0.4, 0.5) is 0 Å². The molecule has 0 N–H and O–H groups in total. The molecule has 17 heavy (non-hydrogen) atoms. The number of pyridine rings is 1. The molecule has 2 fully saturated rings. The number of hydrogen-bond donors (Lipinski definition) is 0. The first-order valence-corrected chi connectivity index (χ1v) is 6.46. The van der Waals surface area contributed by atoms with E-state index < -0.39 is 0 Å². The van der Waals surface area contributed by atoms with Gasteiger partial charge >= 0.3 is 0 Å². The van der Waals surface area contributed by atoms with Gasteiger partial charge in [-0.25, -0.2) is 0 Å². The van der Waals surface area contributed by atoms with Gasteiger partial charge in [0.05, 0.1) is 12.2 Å². The van der Waals surface area contributed by atoms with Gasteiger partial charge in [-0.1, -0.05) is 13.0 Å². The van der Waals surface area contributed by atoms with Gasteiger partial charge in [0.1, 0.15) is 0 Å². The maximum Gasteiger partial charge on any atom is 0.226 e. The molecule has 1 heterocycles. The molecule has 90 valence electrons. The molecule has 1 aromatic rings. The molecule has 0 radical (unpaired) electrons. The van der Waals surface area contributed by atoms with Gasteiger partial charge < -0.3 is 4.90 Å². The molecule has 1 amide bonds. The molecule has 0 spiro atoms. The lowest BCUT2D eigenvalue weighted by Gasteiger charge is -2.22. The van der Waals surface area contributed by atoms with Crippen LogP contribution in [-0.2, 0) is 11.3 Å². The first-order valence-electron chi connectivity index (χ1n) is 6.46. The molecule has 1 aromatic heterocycles. The van der Waals surface area contributed by atoms with Crippen LogP contribution in [0.1, 0.15) is 31.9 Å². The maximum atomic E-state index is 12.3. The fourth-order valence-corrected chi connectivity index (χ4v) is 2.32. The van der Waals surface area contributed by atoms with Crippen molar-refractivity contribution in [1.29, 1.82) is 0 Å². The van der Waals surface area contributed by atoms with Crippen molar-refractivity contribution in [3.05, 3.63) is 30.1 Å². The summed E-state index contributed by atoms with van der Waals surface area (Å²) in [6, 6.07) is 6.38. The van der Waals surface area contributed by atoms with E-state index in [4.69, 9.17) is 0 Å². The third-order valence-electron chi connectivity index (χ3n) is 3.76. The van der Waals surface area contributed by atoms with E-state index >= 15 is 0 Å². The van der Waals surface area contributed by atoms with Gasteiger partial charge in [-0.2, -0.15) is 0 Å². The molecule has 2 aliphatic carbocycles. The van der Waals surface area contributed by atoms with E-state index in [9.17, 15) is 4.79 Å². The standard InChI is InChI=1S/C14H18N2O/c1-10-8-13(10)14(17)16(12-5-6-12)9-11-4-2-3-7-15-11/h2-4,7,10,12-13H,5-6,8-9H2,1H3/t10-,13+/m0/s1. The zero-order chi connectivity index (χ0) is 11.8. The predicted molar refractivity (Wildman–Crippen MR) is 65.1 cm³/mol. The second-order valence-electron chi connectivity index (χ2n) is 5.34. The summed E-state index contributed by atoms with van der Waals surface area (Å²) in [6.07, 6.45) is 5.20. The van der Waals surface area contributed by atoms with E-state index in [0.29, 0.717) is 30.3 Å². The van der Waals surface area contributed by atoms with E-state index in [1.54, 1.807) is 6.20 Å². The van der Waals surface area contributed by atoms with Crippen molar-refractivity contribution in [3.63, 3.8) is 0 Å². The Balaban J connectivity index is 1.70. The summed E-state index contributed by atoms with van der Waals surface area (Å²) in [7, 11) is 0. The molecule has 3 rings (SSSR count). The van der Waals surface area contributed by atoms with Gasteiger partial charge in [0, 0.05) is 18.2 Å². The average molecular weight is 230 g/mol. The first-order chi connectivity index (χ1) is 8.25. The summed E-state index contributed by atoms with van der Waals surface area (Å²) in [6.45, 7) is 2.85. The summed E-state index contributed by atoms with van der Waals surface area (Å²) in [5, 5.41) is 0. The Labute approximate surface area is 102 Å². The highest BCUT2D eigenvalue weighted by Crippen LogP contribution is 2.41. The Morgan fingerprint density at radius 1 is 1.47 bits per heavy atom. The molecule has 0 unspecified atom stereocenters.